The summed E-state index contributed by atoms with van der Waals surface area (Å²) in [7, 11) is 0. The molecule has 0 aliphatic carbocycles. The van der Waals surface area contributed by atoms with Gasteiger partial charge in [-0.25, -0.2) is 4.39 Å². The molecule has 0 bridgehead atoms. The van der Waals surface area contributed by atoms with E-state index in [-0.39, 0.29) is 12.2 Å². The molecule has 4 rings (SSSR count). The van der Waals surface area contributed by atoms with Gasteiger partial charge in [-0.3, -0.25) is 0 Å². The Hall–Kier alpha value is -3.74. The highest BCUT2D eigenvalue weighted by Crippen LogP contribution is 2.44. The van der Waals surface area contributed by atoms with Gasteiger partial charge in [-0.2, -0.15) is 5.26 Å². The zero-order valence-electron chi connectivity index (χ0n) is 17.0. The monoisotopic (exact) mass is 407 g/mol. The van der Waals surface area contributed by atoms with E-state index in [1.54, 1.807) is 18.2 Å². The lowest BCUT2D eigenvalue weighted by Crippen LogP contribution is -2.34. The molecular weight excluding hydrogens is 385 g/mol. The molecule has 0 heterocycles. The average molecular weight is 407 g/mol. The highest BCUT2D eigenvalue weighted by Gasteiger charge is 2.40. The van der Waals surface area contributed by atoms with Crippen molar-refractivity contribution in [2.45, 2.75) is 18.1 Å². The van der Waals surface area contributed by atoms with E-state index in [1.807, 2.05) is 91.0 Å². The van der Waals surface area contributed by atoms with Gasteiger partial charge in [-0.05, 0) is 22.8 Å². The molecule has 4 aromatic rings. The summed E-state index contributed by atoms with van der Waals surface area (Å²) in [6, 6.07) is 38.3. The molecule has 0 aromatic heterocycles. The first-order chi connectivity index (χ1) is 15.3. The van der Waals surface area contributed by atoms with Crippen LogP contribution in [0.25, 0.3) is 0 Å². The molecule has 0 saturated heterocycles. The van der Waals surface area contributed by atoms with Gasteiger partial charge in [0.05, 0.1) is 12.5 Å². The number of benzene rings is 4. The summed E-state index contributed by atoms with van der Waals surface area (Å²) in [6.07, 6.45) is -0.735. The van der Waals surface area contributed by atoms with Crippen LogP contribution in [0.1, 0.15) is 34.8 Å². The molecule has 0 unspecified atom stereocenters. The third-order valence-corrected chi connectivity index (χ3v) is 5.39. The summed E-state index contributed by atoms with van der Waals surface area (Å²) < 4.78 is 21.6. The molecule has 0 amide bonds. The van der Waals surface area contributed by atoms with Gasteiger partial charge in [0, 0.05) is 5.56 Å². The van der Waals surface area contributed by atoms with Gasteiger partial charge >= 0.3 is 0 Å². The minimum Gasteiger partial charge on any atom is -0.352 e. The Bertz CT molecular complexity index is 1060. The molecule has 0 saturated carbocycles. The fraction of sp³-hybridized carbons (Fsp3) is 0.107. The second-order valence-electron chi connectivity index (χ2n) is 7.27. The summed E-state index contributed by atoms with van der Waals surface area (Å²) in [5.74, 6) is -0.383. The topological polar surface area (TPSA) is 33.0 Å². The molecule has 0 aliphatic heterocycles. The fourth-order valence-corrected chi connectivity index (χ4v) is 3.97. The molecule has 0 fully saturated rings. The molecule has 0 radical (unpaired) electrons. The van der Waals surface area contributed by atoms with E-state index < -0.39 is 11.7 Å². The Labute approximate surface area is 182 Å². The van der Waals surface area contributed by atoms with Crippen molar-refractivity contribution in [2.75, 3.05) is 0 Å². The highest BCUT2D eigenvalue weighted by atomic mass is 19.1. The fourth-order valence-electron chi connectivity index (χ4n) is 3.97. The lowest BCUT2D eigenvalue weighted by Gasteiger charge is -2.38. The smallest absolute Gasteiger partial charge is 0.144 e. The van der Waals surface area contributed by atoms with E-state index in [9.17, 15) is 9.65 Å². The molecule has 0 N–H and O–H groups in total. The second kappa shape index (κ2) is 9.38. The molecule has 4 aromatic carbocycles. The summed E-state index contributed by atoms with van der Waals surface area (Å²) in [6.45, 7) is 0. The number of hydrogen-bond acceptors (Lipinski definition) is 2. The van der Waals surface area contributed by atoms with E-state index in [0.717, 1.165) is 16.7 Å². The third kappa shape index (κ3) is 4.12. The minimum absolute atomic E-state index is 0.0230. The van der Waals surface area contributed by atoms with Crippen LogP contribution < -0.4 is 0 Å². The van der Waals surface area contributed by atoms with E-state index in [4.69, 9.17) is 4.74 Å². The molecule has 3 heteroatoms. The predicted octanol–water partition coefficient (Wildman–Crippen LogP) is 6.79. The Morgan fingerprint density at radius 3 is 1.52 bits per heavy atom. The largest absolute Gasteiger partial charge is 0.352 e. The van der Waals surface area contributed by atoms with Crippen LogP contribution in [0.5, 0.6) is 0 Å². The zero-order valence-corrected chi connectivity index (χ0v) is 17.0. The van der Waals surface area contributed by atoms with Gasteiger partial charge in [-0.1, -0.05) is 109 Å². The lowest BCUT2D eigenvalue weighted by molar-refractivity contribution is -0.0486. The normalized spacial score (nSPS) is 12.1. The quantitative estimate of drug-likeness (QED) is 0.316. The molecule has 0 aliphatic rings. The van der Waals surface area contributed by atoms with Crippen molar-refractivity contribution in [3.63, 3.8) is 0 Å². The summed E-state index contributed by atoms with van der Waals surface area (Å²) >= 11 is 0. The first-order valence-electron chi connectivity index (χ1n) is 10.2. The zero-order chi connectivity index (χ0) is 21.5. The van der Waals surface area contributed by atoms with Gasteiger partial charge in [0.2, 0.25) is 0 Å². The third-order valence-electron chi connectivity index (χ3n) is 5.39. The number of hydrogen-bond donors (Lipinski definition) is 0. The Kier molecular flexibility index (Phi) is 6.21. The first-order valence-corrected chi connectivity index (χ1v) is 10.2. The standard InChI is InChI=1S/C28H22FNO/c29-26-19-11-10-18-25(26)27(20-21-30)31-28(22-12-4-1-5-13-22,23-14-6-2-7-15-23)24-16-8-3-9-17-24/h1-19,27H,20H2/t27-/m1/s1. The molecule has 0 spiro atoms. The van der Waals surface area contributed by atoms with E-state index >= 15 is 0 Å². The maximum Gasteiger partial charge on any atom is 0.144 e. The van der Waals surface area contributed by atoms with Crippen LogP contribution in [0, 0.1) is 17.1 Å². The van der Waals surface area contributed by atoms with Crippen LogP contribution in [0.15, 0.2) is 115 Å². The van der Waals surface area contributed by atoms with Crippen LogP contribution in [0.2, 0.25) is 0 Å². The maximum atomic E-state index is 14.8. The number of rotatable bonds is 7. The Morgan fingerprint density at radius 2 is 1.10 bits per heavy atom. The Morgan fingerprint density at radius 1 is 0.677 bits per heavy atom. The van der Waals surface area contributed by atoms with E-state index in [0.29, 0.717) is 5.56 Å². The summed E-state index contributed by atoms with van der Waals surface area (Å²) in [4.78, 5) is 0. The number of nitriles is 1. The van der Waals surface area contributed by atoms with Crippen molar-refractivity contribution in [3.8, 4) is 6.07 Å². The molecule has 152 valence electrons. The second-order valence-corrected chi connectivity index (χ2v) is 7.27. The van der Waals surface area contributed by atoms with Crippen molar-refractivity contribution in [2.24, 2.45) is 0 Å². The van der Waals surface area contributed by atoms with Crippen molar-refractivity contribution >= 4 is 0 Å². The van der Waals surface area contributed by atoms with Gasteiger partial charge < -0.3 is 4.74 Å². The lowest BCUT2D eigenvalue weighted by atomic mass is 9.79. The number of nitrogens with zero attached hydrogens (tertiary/aromatic N) is 1. The number of halogens is 1. The highest BCUT2D eigenvalue weighted by molar-refractivity contribution is 5.47. The van der Waals surface area contributed by atoms with E-state index in [1.165, 1.54) is 6.07 Å². The van der Waals surface area contributed by atoms with Gasteiger partial charge in [-0.15, -0.1) is 0 Å². The summed E-state index contributed by atoms with van der Waals surface area (Å²) in [5, 5.41) is 9.54. The van der Waals surface area contributed by atoms with Crippen LogP contribution in [0.3, 0.4) is 0 Å². The van der Waals surface area contributed by atoms with Crippen molar-refractivity contribution in [3.05, 3.63) is 143 Å². The van der Waals surface area contributed by atoms with Crippen molar-refractivity contribution < 1.29 is 9.13 Å². The van der Waals surface area contributed by atoms with Gasteiger partial charge in [0.1, 0.15) is 17.5 Å². The molecule has 1 atom stereocenters. The van der Waals surface area contributed by atoms with Crippen LogP contribution in [-0.4, -0.2) is 0 Å². The molecule has 31 heavy (non-hydrogen) atoms. The maximum absolute atomic E-state index is 14.8. The first kappa shape index (κ1) is 20.5. The van der Waals surface area contributed by atoms with Crippen molar-refractivity contribution in [1.29, 1.82) is 5.26 Å². The van der Waals surface area contributed by atoms with Crippen molar-refractivity contribution in [1.82, 2.24) is 0 Å². The average Bonchev–Trinajstić information content (AvgIpc) is 2.84. The van der Waals surface area contributed by atoms with E-state index in [2.05, 4.69) is 6.07 Å². The van der Waals surface area contributed by atoms with Crippen LogP contribution in [-0.2, 0) is 10.3 Å². The SMILES string of the molecule is N#CC[C@@H](OC(c1ccccc1)(c1ccccc1)c1ccccc1)c1ccccc1F. The predicted molar refractivity (Wildman–Crippen MR) is 120 cm³/mol. The van der Waals surface area contributed by atoms with Crippen LogP contribution in [0.4, 0.5) is 4.39 Å². The Balaban J connectivity index is 1.98. The van der Waals surface area contributed by atoms with Crippen LogP contribution >= 0.6 is 0 Å². The number of ether oxygens (including phenoxy) is 1. The molecular formula is C28H22FNO. The molecule has 2 nitrogen and oxygen atoms in total. The van der Waals surface area contributed by atoms with Gasteiger partial charge in [0.25, 0.3) is 0 Å². The summed E-state index contributed by atoms with van der Waals surface area (Å²) in [5.41, 5.74) is 2.08. The minimum atomic E-state index is -1.02. The van der Waals surface area contributed by atoms with Gasteiger partial charge in [0.15, 0.2) is 0 Å².